The number of carbonyl (C=O) groups is 2. The minimum Gasteiger partial charge on any atom is -0.388 e. The van der Waals surface area contributed by atoms with E-state index in [-0.39, 0.29) is 40.7 Å². The zero-order valence-corrected chi connectivity index (χ0v) is 83.6. The van der Waals surface area contributed by atoms with Gasteiger partial charge in [-0.25, -0.2) is 19.2 Å². The molecule has 0 saturated carbocycles. The lowest BCUT2D eigenvalue weighted by Gasteiger charge is -2.21. The number of ether oxygens (including phenoxy) is 5. The van der Waals surface area contributed by atoms with Gasteiger partial charge in [-0.05, 0) is 207 Å². The van der Waals surface area contributed by atoms with Gasteiger partial charge in [0.05, 0.1) is 61.2 Å². The summed E-state index contributed by atoms with van der Waals surface area (Å²) in [5.41, 5.74) is -2.52. The fourth-order valence-electron chi connectivity index (χ4n) is 14.8. The number of H-pyrrole nitrogens is 4. The number of hydrogen-bond donors (Lipinski definition) is 20. The third-order valence-electron chi connectivity index (χ3n) is 22.3. The van der Waals surface area contributed by atoms with Crippen LogP contribution >= 0.6 is 46.6 Å². The van der Waals surface area contributed by atoms with Gasteiger partial charge in [0, 0.05) is 55.5 Å². The Morgan fingerprint density at radius 2 is 0.715 bits per heavy atom. The van der Waals surface area contributed by atoms with E-state index < -0.39 is 203 Å². The molecule has 5 saturated heterocycles. The van der Waals surface area contributed by atoms with Crippen LogP contribution in [-0.4, -0.2) is 378 Å². The Kier molecular flexibility index (Phi) is 45.1. The molecule has 0 aliphatic carbocycles. The molecule has 45 heteroatoms. The first-order valence-corrected chi connectivity index (χ1v) is 60.2. The van der Waals surface area contributed by atoms with Crippen LogP contribution in [0.2, 0.25) is 0 Å². The molecule has 0 aromatic carbocycles. The number of hydrogen-bond acceptors (Lipinski definition) is 30. The van der Waals surface area contributed by atoms with Crippen molar-refractivity contribution in [2.45, 2.75) is 248 Å². The molecule has 4 aromatic heterocycles. The molecule has 6 aliphatic heterocycles. The van der Waals surface area contributed by atoms with Crippen molar-refractivity contribution < 1.29 is 88.9 Å². The summed E-state index contributed by atoms with van der Waals surface area (Å²) in [6.07, 6.45) is 20.7. The molecule has 20 N–H and O–H groups in total. The zero-order valence-electron chi connectivity index (χ0n) is 78.3. The smallest absolute Gasteiger partial charge is 0.388 e. The lowest BCUT2D eigenvalue weighted by molar-refractivity contribution is -0.536. The summed E-state index contributed by atoms with van der Waals surface area (Å²) < 4.78 is 35.8. The number of nitrogens with one attached hydrogen (secondary N) is 10. The van der Waals surface area contributed by atoms with Crippen LogP contribution in [0.1, 0.15) is 146 Å². The highest BCUT2D eigenvalue weighted by molar-refractivity contribution is 7.73. The van der Waals surface area contributed by atoms with Crippen molar-refractivity contribution in [2.75, 3.05) is 137 Å². The van der Waals surface area contributed by atoms with Gasteiger partial charge in [0.15, 0.2) is 17.2 Å². The Morgan fingerprint density at radius 1 is 0.392 bits per heavy atom. The van der Waals surface area contributed by atoms with E-state index in [0.29, 0.717) is 62.9 Å². The molecule has 4 aromatic rings. The summed E-state index contributed by atoms with van der Waals surface area (Å²) in [5.74, 6) is -0.931. The molecule has 0 radical (unpaired) electrons. The summed E-state index contributed by atoms with van der Waals surface area (Å²) in [4.78, 5) is 118. The number of imide groups is 1. The van der Waals surface area contributed by atoms with Crippen molar-refractivity contribution >= 4 is 96.3 Å². The maximum absolute atomic E-state index is 12.2. The van der Waals surface area contributed by atoms with Crippen molar-refractivity contribution in [1.29, 1.82) is 0 Å². The molecule has 5 fully saturated rings. The van der Waals surface area contributed by atoms with E-state index >= 15 is 0 Å². The fourth-order valence-corrected chi connectivity index (χ4v) is 19.8. The van der Waals surface area contributed by atoms with Crippen molar-refractivity contribution in [3.05, 3.63) is 125 Å². The van der Waals surface area contributed by atoms with Crippen LogP contribution in [0.4, 0.5) is 4.79 Å². The molecule has 0 bridgehead atoms. The van der Waals surface area contributed by atoms with Crippen molar-refractivity contribution in [1.82, 2.24) is 70.1 Å². The number of urea groups is 1. The van der Waals surface area contributed by atoms with Crippen LogP contribution in [0.3, 0.4) is 0 Å². The molecule has 6 unspecified atom stereocenters. The first-order valence-electron chi connectivity index (χ1n) is 44.5. The number of aromatic nitrogens is 8. The van der Waals surface area contributed by atoms with E-state index in [1.54, 1.807) is 6.20 Å². The molecular weight excluding hydrogens is 1800 g/mol. The number of rotatable bonds is 40. The average molecular weight is 1950 g/mol. The van der Waals surface area contributed by atoms with Gasteiger partial charge >= 0.3 is 29.0 Å². The van der Waals surface area contributed by atoms with E-state index in [1.807, 2.05) is 34.6 Å². The second kappa shape index (κ2) is 51.7. The first kappa shape index (κ1) is 113. The van der Waals surface area contributed by atoms with E-state index in [9.17, 15) is 94.2 Å². The largest absolute Gasteiger partial charge is 0.500 e. The highest BCUT2D eigenvalue weighted by atomic mass is 32.1. The van der Waals surface area contributed by atoms with Gasteiger partial charge < -0.3 is 90.7 Å². The Morgan fingerprint density at radius 3 is 1.10 bits per heavy atom. The summed E-state index contributed by atoms with van der Waals surface area (Å²) in [7, 11) is 0. The van der Waals surface area contributed by atoms with Crippen LogP contribution in [0, 0.1) is 10.7 Å². The van der Waals surface area contributed by atoms with Crippen LogP contribution in [0.15, 0.2) is 58.3 Å². The predicted molar refractivity (Wildman–Crippen MR) is 526 cm³/mol. The molecule has 39 nitrogen and oxygen atoms in total. The summed E-state index contributed by atoms with van der Waals surface area (Å²) in [6, 6.07) is -0.649. The quantitative estimate of drug-likeness (QED) is 0.0119. The molecule has 3 amide bonds. The number of carbonyl (C=O) groups excluding carboxylic acids is 2. The van der Waals surface area contributed by atoms with Crippen LogP contribution < -0.4 is 71.2 Å². The fraction of sp³-hybridized carbons (Fsp3) is 0.718. The van der Waals surface area contributed by atoms with Gasteiger partial charge in [0.2, 0.25) is 6.23 Å². The first-order chi connectivity index (χ1) is 60.7. The average Bonchev–Trinajstić information content (AvgIpc) is 1.62. The van der Waals surface area contributed by atoms with Crippen LogP contribution in [0.5, 0.6) is 0 Å². The molecular formula is C85H151N15O24P5S+. The number of amides is 3. The minimum atomic E-state index is -1.29. The van der Waals surface area contributed by atoms with Crippen molar-refractivity contribution in [2.24, 2.45) is 5.92 Å². The standard InChI is InChI=1S/4C17H30N3O5P.C17H30N3O4PS/c2*1-5-7-18-10-20-9-11(16(23)19-17(20)24)15-14(22)13(21)12(25-15)6-8-26(2,3)4;2*1-5-7-18-9-11-10-20(17(24)19-15(11)23)16-14(22)13(21)12(25-16)6-8-26(2,3)4;1-5-7-18-9-11-10-20(17(26)19-15(11)23)16-14(22)13(21)12(24-16)6-8-25(2,3)4/h2*9,12-15,18,21-22H,2,5-8,10H2,1,3-4H3,(H,19,23,24);10,12-14,16,18,21-22H,2,5-9H2,1,3-4H3,(H,19,23,24);10-14,16,18,21-22H,2,5-9H2,1,3-4H3;10,12-14,16,18,21-22H,2,5-9H2,1,3-4H3,(H,19,23,26)/p+1/t2*12-,13-,14-,15?;12-,13-,14-,16?;11?,12-,13-,14-,16?;12-,13-,14-,16?/m11111/s1. The topological polar surface area (TPSA) is 560 Å². The summed E-state index contributed by atoms with van der Waals surface area (Å²) in [6.45, 7) is 30.0. The number of nitrogens with zero attached hydrogens (tertiary/aromatic N) is 5. The number of aliphatic hydroxyl groups excluding tert-OH is 10. The van der Waals surface area contributed by atoms with Gasteiger partial charge in [0.25, 0.3) is 22.2 Å². The molecule has 130 heavy (non-hydrogen) atoms. The van der Waals surface area contributed by atoms with Crippen LogP contribution in [0.25, 0.3) is 0 Å². The van der Waals surface area contributed by atoms with E-state index in [2.05, 4.69) is 150 Å². The van der Waals surface area contributed by atoms with Crippen LogP contribution in [-0.2, 0) is 54.9 Å². The molecule has 6 aliphatic rings. The predicted octanol–water partition coefficient (Wildman–Crippen LogP) is -0.131. The van der Waals surface area contributed by atoms with Gasteiger partial charge in [-0.1, -0.05) is 34.6 Å². The van der Waals surface area contributed by atoms with Gasteiger partial charge in [-0.2, -0.15) is 14.7 Å². The molecule has 0 spiro atoms. The van der Waals surface area contributed by atoms with E-state index in [4.69, 9.17) is 35.9 Å². The third-order valence-corrected chi connectivity index (χ3v) is 29.9. The van der Waals surface area contributed by atoms with Crippen molar-refractivity contribution in [3.63, 3.8) is 0 Å². The SMILES string of the molecule is C=P(C)(C)CC[C@H]1OC([N+]2=CC(CNCCC)C(=O)NC2=O)[C@H](O)[C@@H]1O.C=P(C)(C)CC[C@H]1OC(c2cn(CNCCC)c(=O)[nH]c2=O)[C@H](O)[C@@H]1O.C=P(C)(C)CC[C@H]1OC(c2cn(CNCCC)c(=O)[nH]c2=O)[C@H](O)[C@@H]1O.C=P(C)(C)CC[C@H]1OC(n2cc(CNCCC)c(=O)[nH]c2=O)[C@H](O)[C@@H]1O.C=P(C)(C)CC[C@H]1OC(n2cc(CNCCC)c(=O)[nH]c2=S)[C@H](O)[C@@H]1O. The minimum absolute atomic E-state index is 0.139. The van der Waals surface area contributed by atoms with Gasteiger partial charge in [-0.3, -0.25) is 68.0 Å². The molecule has 21 atom stereocenters. The Labute approximate surface area is 766 Å². The summed E-state index contributed by atoms with van der Waals surface area (Å²) >= 11 is 5.24. The van der Waals surface area contributed by atoms with Gasteiger partial charge in [-0.15, -0.1) is 65.9 Å². The summed E-state index contributed by atoms with van der Waals surface area (Å²) in [5, 5.41) is 121. The molecule has 10 rings (SSSR count). The second-order valence-corrected chi connectivity index (χ2v) is 59.6. The lowest BCUT2D eigenvalue weighted by Crippen LogP contribution is -2.55. The molecule has 740 valence electrons. The zero-order chi connectivity index (χ0) is 97.4. The van der Waals surface area contributed by atoms with Gasteiger partial charge in [0.1, 0.15) is 79.2 Å². The lowest BCUT2D eigenvalue weighted by atomic mass is 10.0. The maximum atomic E-state index is 12.2. The van der Waals surface area contributed by atoms with E-state index in [0.717, 1.165) is 100 Å². The highest BCUT2D eigenvalue weighted by Gasteiger charge is 2.52. The number of aliphatic hydroxyl groups is 10. The van der Waals surface area contributed by atoms with Crippen molar-refractivity contribution in [3.8, 4) is 0 Å². The second-order valence-electron chi connectivity index (χ2n) is 37.6. The maximum Gasteiger partial charge on any atom is 0.500 e. The monoisotopic (exact) mass is 1950 g/mol. The normalized spacial score (nSPS) is 27.6. The Hall–Kier alpha value is -5.35. The third kappa shape index (κ3) is 34.4. The Balaban J connectivity index is 0.000000250. The highest BCUT2D eigenvalue weighted by Crippen LogP contribution is 2.45. The number of aromatic amines is 4. The van der Waals surface area contributed by atoms with E-state index in [1.165, 1.54) is 43.1 Å². The Bertz CT molecular complexity index is 4630. The molecule has 10 heterocycles.